The van der Waals surface area contributed by atoms with Crippen molar-refractivity contribution in [2.45, 2.75) is 0 Å². The fourth-order valence-electron chi connectivity index (χ4n) is 4.15. The number of morpholine rings is 1. The maximum absolute atomic E-state index is 13.3. The summed E-state index contributed by atoms with van der Waals surface area (Å²) in [5.41, 5.74) is 1.99. The fourth-order valence-corrected chi connectivity index (χ4v) is 5.32. The van der Waals surface area contributed by atoms with Gasteiger partial charge in [-0.3, -0.25) is 19.1 Å². The van der Waals surface area contributed by atoms with Crippen molar-refractivity contribution < 1.29 is 19.0 Å². The Morgan fingerprint density at radius 1 is 1.13 bits per heavy atom. The summed E-state index contributed by atoms with van der Waals surface area (Å²) in [6.07, 6.45) is 1.50. The van der Waals surface area contributed by atoms with Crippen LogP contribution in [0.2, 0.25) is 5.02 Å². The number of nitrogens with one attached hydrogen (secondary N) is 1. The summed E-state index contributed by atoms with van der Waals surface area (Å²) in [4.78, 5) is 33.2. The van der Waals surface area contributed by atoms with E-state index < -0.39 is 0 Å². The number of hydrogen-bond acceptors (Lipinski definition) is 8. The standard InChI is InChI=1S/C27H27ClN4O5S/c1-35-23-14-20(6-7-22(23)37-16-25(33)29-8-9-31-10-12-36-13-11-31)32-17-30-21-15-24(38-26(21)27(32)34)18-2-4-19(28)5-3-18/h2-7,14-15,17H,8-13,16H2,1H3,(H,29,33). The molecule has 1 saturated heterocycles. The van der Waals surface area contributed by atoms with Gasteiger partial charge in [0.2, 0.25) is 0 Å². The van der Waals surface area contributed by atoms with Crippen LogP contribution in [-0.4, -0.2) is 73.5 Å². The number of amides is 1. The molecule has 1 N–H and O–H groups in total. The number of nitrogens with zero attached hydrogens (tertiary/aromatic N) is 3. The topological polar surface area (TPSA) is 94.9 Å². The molecule has 5 rings (SSSR count). The molecule has 11 heteroatoms. The summed E-state index contributed by atoms with van der Waals surface area (Å²) < 4.78 is 18.5. The second kappa shape index (κ2) is 12.0. The third kappa shape index (κ3) is 5.99. The van der Waals surface area contributed by atoms with E-state index in [4.69, 9.17) is 25.8 Å². The molecule has 1 fully saturated rings. The lowest BCUT2D eigenvalue weighted by atomic mass is 10.2. The van der Waals surface area contributed by atoms with Crippen LogP contribution in [0.4, 0.5) is 0 Å². The summed E-state index contributed by atoms with van der Waals surface area (Å²) in [5.74, 6) is 0.593. The van der Waals surface area contributed by atoms with Gasteiger partial charge in [-0.2, -0.15) is 0 Å². The summed E-state index contributed by atoms with van der Waals surface area (Å²) in [7, 11) is 1.51. The minimum absolute atomic E-state index is 0.144. The Labute approximate surface area is 228 Å². The maximum Gasteiger partial charge on any atom is 0.275 e. The van der Waals surface area contributed by atoms with Crippen molar-refractivity contribution in [2.75, 3.05) is 53.1 Å². The van der Waals surface area contributed by atoms with Crippen LogP contribution in [0.3, 0.4) is 0 Å². The quantitative estimate of drug-likeness (QED) is 0.338. The fraction of sp³-hybridized carbons (Fsp3) is 0.296. The van der Waals surface area contributed by atoms with Gasteiger partial charge in [0.1, 0.15) is 11.0 Å². The third-order valence-corrected chi connectivity index (χ3v) is 7.62. The number of carbonyl (C=O) groups is 1. The molecule has 1 amide bonds. The van der Waals surface area contributed by atoms with Gasteiger partial charge in [0, 0.05) is 42.1 Å². The van der Waals surface area contributed by atoms with Crippen LogP contribution in [0, 0.1) is 0 Å². The van der Waals surface area contributed by atoms with Crippen molar-refractivity contribution in [2.24, 2.45) is 0 Å². The van der Waals surface area contributed by atoms with E-state index in [0.29, 0.717) is 39.0 Å². The Morgan fingerprint density at radius 3 is 2.68 bits per heavy atom. The first-order valence-corrected chi connectivity index (χ1v) is 13.4. The highest BCUT2D eigenvalue weighted by molar-refractivity contribution is 7.22. The second-order valence-electron chi connectivity index (χ2n) is 8.68. The van der Waals surface area contributed by atoms with Crippen LogP contribution in [0.5, 0.6) is 11.5 Å². The SMILES string of the molecule is COc1cc(-n2cnc3cc(-c4ccc(Cl)cc4)sc3c2=O)ccc1OCC(=O)NCCN1CCOCC1. The first-order chi connectivity index (χ1) is 18.5. The Kier molecular flexibility index (Phi) is 8.23. The molecule has 3 heterocycles. The maximum atomic E-state index is 13.3. The Balaban J connectivity index is 1.27. The highest BCUT2D eigenvalue weighted by atomic mass is 35.5. The number of halogens is 1. The molecule has 0 radical (unpaired) electrons. The van der Waals surface area contributed by atoms with Gasteiger partial charge in [-0.25, -0.2) is 4.98 Å². The van der Waals surface area contributed by atoms with E-state index in [9.17, 15) is 9.59 Å². The van der Waals surface area contributed by atoms with Crippen LogP contribution in [0.25, 0.3) is 26.3 Å². The molecule has 0 unspecified atom stereocenters. The van der Waals surface area contributed by atoms with Crippen molar-refractivity contribution in [1.29, 1.82) is 0 Å². The summed E-state index contributed by atoms with van der Waals surface area (Å²) in [6, 6.07) is 14.5. The van der Waals surface area contributed by atoms with Gasteiger partial charge in [0.15, 0.2) is 18.1 Å². The molecule has 38 heavy (non-hydrogen) atoms. The molecular weight excluding hydrogens is 528 g/mol. The number of aromatic nitrogens is 2. The van der Waals surface area contributed by atoms with E-state index in [0.717, 1.165) is 43.3 Å². The van der Waals surface area contributed by atoms with Crippen LogP contribution in [0.15, 0.2) is 59.7 Å². The predicted octanol–water partition coefficient (Wildman–Crippen LogP) is 3.60. The average molecular weight is 555 g/mol. The number of hydrogen-bond donors (Lipinski definition) is 1. The largest absolute Gasteiger partial charge is 0.493 e. The molecule has 9 nitrogen and oxygen atoms in total. The summed E-state index contributed by atoms with van der Waals surface area (Å²) in [6.45, 7) is 4.36. The molecule has 0 bridgehead atoms. The van der Waals surface area contributed by atoms with Crippen molar-refractivity contribution in [3.63, 3.8) is 0 Å². The van der Waals surface area contributed by atoms with E-state index in [1.165, 1.54) is 29.3 Å². The van der Waals surface area contributed by atoms with Crippen LogP contribution in [-0.2, 0) is 9.53 Å². The van der Waals surface area contributed by atoms with Gasteiger partial charge in [-0.15, -0.1) is 11.3 Å². The van der Waals surface area contributed by atoms with Crippen molar-refractivity contribution >= 4 is 39.1 Å². The number of methoxy groups -OCH3 is 1. The Morgan fingerprint density at radius 2 is 1.92 bits per heavy atom. The number of thiophene rings is 1. The molecule has 4 aromatic rings. The van der Waals surface area contributed by atoms with Crippen molar-refractivity contribution in [3.05, 3.63) is 70.2 Å². The van der Waals surface area contributed by atoms with E-state index in [1.807, 2.05) is 30.3 Å². The Bertz CT molecular complexity index is 1480. The molecule has 1 aliphatic rings. The molecule has 2 aromatic heterocycles. The van der Waals surface area contributed by atoms with Gasteiger partial charge in [-0.1, -0.05) is 23.7 Å². The van der Waals surface area contributed by atoms with Crippen molar-refractivity contribution in [3.8, 4) is 27.6 Å². The second-order valence-corrected chi connectivity index (χ2v) is 10.2. The molecule has 0 saturated carbocycles. The third-order valence-electron chi connectivity index (χ3n) is 6.20. The van der Waals surface area contributed by atoms with Crippen LogP contribution in [0.1, 0.15) is 0 Å². The monoisotopic (exact) mass is 554 g/mol. The summed E-state index contributed by atoms with van der Waals surface area (Å²) >= 11 is 7.39. The van der Waals surface area contributed by atoms with E-state index in [1.54, 1.807) is 18.2 Å². The first-order valence-electron chi connectivity index (χ1n) is 12.2. The molecular formula is C27H27ClN4O5S. The van der Waals surface area contributed by atoms with Gasteiger partial charge in [-0.05, 0) is 35.9 Å². The average Bonchev–Trinajstić information content (AvgIpc) is 3.38. The van der Waals surface area contributed by atoms with Gasteiger partial charge < -0.3 is 19.5 Å². The molecule has 0 atom stereocenters. The van der Waals surface area contributed by atoms with Gasteiger partial charge in [0.25, 0.3) is 11.5 Å². The lowest BCUT2D eigenvalue weighted by molar-refractivity contribution is -0.123. The molecule has 0 spiro atoms. The number of carbonyl (C=O) groups excluding carboxylic acids is 1. The highest BCUT2D eigenvalue weighted by Gasteiger charge is 2.15. The van der Waals surface area contributed by atoms with E-state index >= 15 is 0 Å². The molecule has 0 aliphatic carbocycles. The molecule has 1 aliphatic heterocycles. The zero-order valence-electron chi connectivity index (χ0n) is 20.8. The molecule has 198 valence electrons. The number of ether oxygens (including phenoxy) is 3. The lowest BCUT2D eigenvalue weighted by Gasteiger charge is -2.26. The normalized spacial score (nSPS) is 13.9. The highest BCUT2D eigenvalue weighted by Crippen LogP contribution is 2.33. The zero-order chi connectivity index (χ0) is 26.5. The minimum atomic E-state index is -0.218. The number of rotatable bonds is 9. The zero-order valence-corrected chi connectivity index (χ0v) is 22.4. The summed E-state index contributed by atoms with van der Waals surface area (Å²) in [5, 5.41) is 3.52. The lowest BCUT2D eigenvalue weighted by Crippen LogP contribution is -2.42. The van der Waals surface area contributed by atoms with Crippen molar-refractivity contribution in [1.82, 2.24) is 19.8 Å². The Hall–Kier alpha value is -3.44. The van der Waals surface area contributed by atoms with Gasteiger partial charge >= 0.3 is 0 Å². The van der Waals surface area contributed by atoms with E-state index in [-0.39, 0.29) is 18.1 Å². The van der Waals surface area contributed by atoms with Crippen LogP contribution < -0.4 is 20.3 Å². The predicted molar refractivity (Wildman–Crippen MR) is 148 cm³/mol. The minimum Gasteiger partial charge on any atom is -0.493 e. The number of fused-ring (bicyclic) bond motifs is 1. The smallest absolute Gasteiger partial charge is 0.275 e. The molecule has 2 aromatic carbocycles. The first kappa shape index (κ1) is 26.2. The number of benzene rings is 2. The van der Waals surface area contributed by atoms with Crippen LogP contribution >= 0.6 is 22.9 Å². The van der Waals surface area contributed by atoms with Gasteiger partial charge in [0.05, 0.1) is 31.5 Å². The van der Waals surface area contributed by atoms with E-state index in [2.05, 4.69) is 15.2 Å².